The average molecular weight is 448 g/mol. The predicted molar refractivity (Wildman–Crippen MR) is 127 cm³/mol. The van der Waals surface area contributed by atoms with Crippen LogP contribution in [0.2, 0.25) is 0 Å². The number of ether oxygens (including phenoxy) is 3. The third-order valence-corrected chi connectivity index (χ3v) is 5.56. The van der Waals surface area contributed by atoms with Crippen molar-refractivity contribution in [3.05, 3.63) is 90.0 Å². The van der Waals surface area contributed by atoms with Gasteiger partial charge in [0.15, 0.2) is 12.2 Å². The number of nitrogens with zero attached hydrogens (tertiary/aromatic N) is 1. The third kappa shape index (κ3) is 6.05. The molecule has 0 saturated carbocycles. The van der Waals surface area contributed by atoms with E-state index in [2.05, 4.69) is 35.2 Å². The molecule has 172 valence electrons. The summed E-state index contributed by atoms with van der Waals surface area (Å²) in [6.45, 7) is 4.09. The van der Waals surface area contributed by atoms with Crippen molar-refractivity contribution in [3.63, 3.8) is 0 Å². The summed E-state index contributed by atoms with van der Waals surface area (Å²) in [5.41, 5.74) is 3.22. The van der Waals surface area contributed by atoms with E-state index in [1.807, 2.05) is 48.5 Å². The van der Waals surface area contributed by atoms with Gasteiger partial charge >= 0.3 is 5.97 Å². The largest absolute Gasteiger partial charge is 0.490 e. The molecule has 6 nitrogen and oxygen atoms in total. The number of carboxylic acid groups (broad SMARTS) is 1. The fourth-order valence-electron chi connectivity index (χ4n) is 3.96. The number of carbonyl (C=O) groups is 1. The van der Waals surface area contributed by atoms with E-state index in [1.54, 1.807) is 6.92 Å². The minimum absolute atomic E-state index is 0.113. The maximum absolute atomic E-state index is 11.3. The van der Waals surface area contributed by atoms with Crippen molar-refractivity contribution in [2.45, 2.75) is 32.1 Å². The van der Waals surface area contributed by atoms with E-state index in [-0.39, 0.29) is 6.10 Å². The van der Waals surface area contributed by atoms with E-state index in [9.17, 15) is 9.90 Å². The summed E-state index contributed by atoms with van der Waals surface area (Å²) in [6, 6.07) is 26.0. The number of aliphatic carboxylic acids is 1. The van der Waals surface area contributed by atoms with Crippen molar-refractivity contribution in [2.75, 3.05) is 24.7 Å². The van der Waals surface area contributed by atoms with Crippen LogP contribution >= 0.6 is 0 Å². The van der Waals surface area contributed by atoms with E-state index in [0.717, 1.165) is 35.8 Å². The summed E-state index contributed by atoms with van der Waals surface area (Å²) in [5.74, 6) is 0.630. The maximum Gasteiger partial charge on any atom is 0.333 e. The van der Waals surface area contributed by atoms with Crippen LogP contribution in [-0.2, 0) is 22.5 Å². The highest BCUT2D eigenvalue weighted by molar-refractivity contribution is 5.72. The van der Waals surface area contributed by atoms with Crippen LogP contribution in [0.4, 0.5) is 5.69 Å². The van der Waals surface area contributed by atoms with Crippen LogP contribution in [0.1, 0.15) is 18.1 Å². The first-order valence-electron chi connectivity index (χ1n) is 11.2. The maximum atomic E-state index is 11.3. The highest BCUT2D eigenvalue weighted by Gasteiger charge is 2.26. The van der Waals surface area contributed by atoms with Gasteiger partial charge in [0.25, 0.3) is 0 Å². The van der Waals surface area contributed by atoms with E-state index >= 15 is 0 Å². The molecule has 0 bridgehead atoms. The van der Waals surface area contributed by atoms with Crippen molar-refractivity contribution in [1.82, 2.24) is 0 Å². The molecule has 4 rings (SSSR count). The number of rotatable bonds is 10. The Balaban J connectivity index is 1.37. The molecular weight excluding hydrogens is 418 g/mol. The molecule has 1 aliphatic heterocycles. The summed E-state index contributed by atoms with van der Waals surface area (Å²) < 4.78 is 17.5. The second-order valence-electron chi connectivity index (χ2n) is 8.02. The number of hydrogen-bond donors (Lipinski definition) is 1. The zero-order valence-electron chi connectivity index (χ0n) is 18.7. The highest BCUT2D eigenvalue weighted by atomic mass is 16.5. The number of carboxylic acids is 1. The Morgan fingerprint density at radius 1 is 1.03 bits per heavy atom. The van der Waals surface area contributed by atoms with Gasteiger partial charge in [-0.2, -0.15) is 0 Å². The van der Waals surface area contributed by atoms with Gasteiger partial charge in [-0.3, -0.25) is 0 Å². The molecule has 0 fully saturated rings. The Bertz CT molecular complexity index is 1040. The summed E-state index contributed by atoms with van der Waals surface area (Å²) in [5, 5.41) is 9.27. The first-order valence-corrected chi connectivity index (χ1v) is 11.2. The SMILES string of the molecule is CCOC(Cc1ccc(OCC2CN(Cc3ccccc3)c3ccccc3O2)cc1)C(=O)O. The minimum Gasteiger partial charge on any atom is -0.490 e. The van der Waals surface area contributed by atoms with Crippen LogP contribution in [0.5, 0.6) is 11.5 Å². The van der Waals surface area contributed by atoms with Gasteiger partial charge < -0.3 is 24.2 Å². The van der Waals surface area contributed by atoms with E-state index in [1.165, 1.54) is 5.56 Å². The Morgan fingerprint density at radius 3 is 2.48 bits per heavy atom. The molecule has 1 aliphatic rings. The van der Waals surface area contributed by atoms with Gasteiger partial charge in [0.2, 0.25) is 0 Å². The lowest BCUT2D eigenvalue weighted by Gasteiger charge is -2.36. The minimum atomic E-state index is -0.952. The smallest absolute Gasteiger partial charge is 0.333 e. The molecule has 0 radical (unpaired) electrons. The van der Waals surface area contributed by atoms with Gasteiger partial charge in [0.05, 0.1) is 12.2 Å². The van der Waals surface area contributed by atoms with Crippen LogP contribution in [0, 0.1) is 0 Å². The van der Waals surface area contributed by atoms with Gasteiger partial charge in [-0.15, -0.1) is 0 Å². The summed E-state index contributed by atoms with van der Waals surface area (Å²) in [7, 11) is 0. The molecule has 0 spiro atoms. The molecule has 0 aromatic heterocycles. The number of fused-ring (bicyclic) bond motifs is 1. The lowest BCUT2D eigenvalue weighted by Crippen LogP contribution is -2.42. The number of hydrogen-bond acceptors (Lipinski definition) is 5. The molecule has 2 atom stereocenters. The van der Waals surface area contributed by atoms with Crippen molar-refractivity contribution < 1.29 is 24.1 Å². The van der Waals surface area contributed by atoms with Crippen molar-refractivity contribution in [1.29, 1.82) is 0 Å². The molecule has 1 N–H and O–H groups in total. The first kappa shape index (κ1) is 22.7. The van der Waals surface area contributed by atoms with Gasteiger partial charge in [0.1, 0.15) is 18.1 Å². The van der Waals surface area contributed by atoms with Gasteiger partial charge in [-0.1, -0.05) is 54.6 Å². The Morgan fingerprint density at radius 2 is 1.76 bits per heavy atom. The fraction of sp³-hybridized carbons (Fsp3) is 0.296. The van der Waals surface area contributed by atoms with Gasteiger partial charge in [-0.25, -0.2) is 4.79 Å². The summed E-state index contributed by atoms with van der Waals surface area (Å²) >= 11 is 0. The van der Waals surface area contributed by atoms with E-state index in [4.69, 9.17) is 14.2 Å². The highest BCUT2D eigenvalue weighted by Crippen LogP contribution is 2.34. The second kappa shape index (κ2) is 10.9. The number of para-hydroxylation sites is 2. The van der Waals surface area contributed by atoms with Crippen LogP contribution in [0.25, 0.3) is 0 Å². The predicted octanol–water partition coefficient (Wildman–Crippen LogP) is 4.57. The van der Waals surface area contributed by atoms with Crippen LogP contribution in [0.15, 0.2) is 78.9 Å². The number of benzene rings is 3. The van der Waals surface area contributed by atoms with Crippen molar-refractivity contribution in [2.24, 2.45) is 0 Å². The van der Waals surface area contributed by atoms with Crippen molar-refractivity contribution >= 4 is 11.7 Å². The zero-order chi connectivity index (χ0) is 23.0. The molecule has 0 saturated heterocycles. The van der Waals surface area contributed by atoms with Gasteiger partial charge in [-0.05, 0) is 42.3 Å². The van der Waals surface area contributed by atoms with E-state index < -0.39 is 12.1 Å². The third-order valence-electron chi connectivity index (χ3n) is 5.56. The fourth-order valence-corrected chi connectivity index (χ4v) is 3.96. The molecule has 0 amide bonds. The van der Waals surface area contributed by atoms with Crippen LogP contribution < -0.4 is 14.4 Å². The zero-order valence-corrected chi connectivity index (χ0v) is 18.7. The van der Waals surface area contributed by atoms with Crippen molar-refractivity contribution in [3.8, 4) is 11.5 Å². The average Bonchev–Trinajstić information content (AvgIpc) is 2.84. The molecule has 6 heteroatoms. The lowest BCUT2D eigenvalue weighted by molar-refractivity contribution is -0.149. The molecule has 3 aromatic rings. The molecular formula is C27H29NO5. The molecule has 3 aromatic carbocycles. The van der Waals surface area contributed by atoms with Crippen LogP contribution in [0.3, 0.4) is 0 Å². The quantitative estimate of drug-likeness (QED) is 0.491. The summed E-state index contributed by atoms with van der Waals surface area (Å²) in [4.78, 5) is 13.6. The lowest BCUT2D eigenvalue weighted by atomic mass is 10.1. The summed E-state index contributed by atoms with van der Waals surface area (Å²) in [6.07, 6.45) is -0.633. The van der Waals surface area contributed by atoms with E-state index in [0.29, 0.717) is 19.6 Å². The Hall–Kier alpha value is -3.51. The number of anilines is 1. The van der Waals surface area contributed by atoms with Crippen LogP contribution in [-0.4, -0.2) is 43.0 Å². The first-order chi connectivity index (χ1) is 16.1. The molecule has 0 aliphatic carbocycles. The van der Waals surface area contributed by atoms with Gasteiger partial charge in [0, 0.05) is 19.6 Å². The normalized spacial score (nSPS) is 15.9. The second-order valence-corrected chi connectivity index (χ2v) is 8.02. The topological polar surface area (TPSA) is 68.2 Å². The molecule has 2 unspecified atom stereocenters. The Kier molecular flexibility index (Phi) is 7.47. The molecule has 33 heavy (non-hydrogen) atoms. The molecule has 1 heterocycles. The standard InChI is InChI=1S/C27H29NO5/c1-2-31-26(27(29)30)16-20-12-14-22(15-13-20)32-19-23-18-28(17-21-8-4-3-5-9-21)24-10-6-7-11-25(24)33-23/h3-15,23,26H,2,16-19H2,1H3,(H,29,30). The monoisotopic (exact) mass is 447 g/mol. The Labute approximate surface area is 194 Å².